The number of hydrogen-bond donors (Lipinski definition) is 1. The Morgan fingerprint density at radius 3 is 2.50 bits per heavy atom. The molecule has 166 valence electrons. The van der Waals surface area contributed by atoms with Crippen molar-refractivity contribution >= 4 is 5.91 Å². The predicted molar refractivity (Wildman–Crippen MR) is 118 cm³/mol. The zero-order valence-electron chi connectivity index (χ0n) is 17.8. The number of nitrogens with one attached hydrogen (secondary N) is 1. The molecule has 2 aromatic carbocycles. The molecule has 32 heavy (non-hydrogen) atoms. The third kappa shape index (κ3) is 4.92. The van der Waals surface area contributed by atoms with Gasteiger partial charge in [0.15, 0.2) is 5.69 Å². The van der Waals surface area contributed by atoms with E-state index in [-0.39, 0.29) is 24.1 Å². The van der Waals surface area contributed by atoms with Crippen molar-refractivity contribution in [3.8, 4) is 5.69 Å². The molecule has 2 heterocycles. The number of aromatic nitrogens is 2. The third-order valence-corrected chi connectivity index (χ3v) is 5.52. The summed E-state index contributed by atoms with van der Waals surface area (Å²) >= 11 is 0. The van der Waals surface area contributed by atoms with Crippen LogP contribution in [0.4, 0.5) is 4.39 Å². The van der Waals surface area contributed by atoms with Gasteiger partial charge in [-0.3, -0.25) is 14.5 Å². The molecule has 1 saturated heterocycles. The van der Waals surface area contributed by atoms with Crippen molar-refractivity contribution in [1.82, 2.24) is 20.0 Å². The highest BCUT2D eigenvalue weighted by molar-refractivity contribution is 5.92. The monoisotopic (exact) mass is 436 g/mol. The van der Waals surface area contributed by atoms with Crippen molar-refractivity contribution in [2.75, 3.05) is 32.8 Å². The van der Waals surface area contributed by atoms with E-state index in [4.69, 9.17) is 4.74 Å². The number of ether oxygens (including phenoxy) is 1. The van der Waals surface area contributed by atoms with E-state index in [9.17, 15) is 14.0 Å². The summed E-state index contributed by atoms with van der Waals surface area (Å²) < 4.78 is 20.5. The summed E-state index contributed by atoms with van der Waals surface area (Å²) in [4.78, 5) is 27.6. The molecule has 0 spiro atoms. The number of para-hydroxylation sites is 1. The van der Waals surface area contributed by atoms with Gasteiger partial charge in [-0.15, -0.1) is 0 Å². The van der Waals surface area contributed by atoms with E-state index >= 15 is 0 Å². The number of carbonyl (C=O) groups is 1. The van der Waals surface area contributed by atoms with E-state index in [0.29, 0.717) is 32.0 Å². The van der Waals surface area contributed by atoms with Crippen molar-refractivity contribution in [3.63, 3.8) is 0 Å². The summed E-state index contributed by atoms with van der Waals surface area (Å²) in [7, 11) is 0. The topological polar surface area (TPSA) is 76.5 Å². The summed E-state index contributed by atoms with van der Waals surface area (Å²) in [6.45, 7) is 4.60. The van der Waals surface area contributed by atoms with E-state index in [1.807, 2.05) is 30.3 Å². The number of aryl methyl sites for hydroxylation is 1. The summed E-state index contributed by atoms with van der Waals surface area (Å²) in [5, 5.41) is 7.18. The van der Waals surface area contributed by atoms with Crippen LogP contribution in [0.2, 0.25) is 0 Å². The zero-order chi connectivity index (χ0) is 22.5. The quantitative estimate of drug-likeness (QED) is 0.643. The number of hydrogen-bond acceptors (Lipinski definition) is 5. The number of carbonyl (C=O) groups excluding carboxylic acids is 1. The van der Waals surface area contributed by atoms with Crippen LogP contribution in [0.25, 0.3) is 5.69 Å². The first-order valence-electron chi connectivity index (χ1n) is 10.5. The number of morpholine rings is 1. The second kappa shape index (κ2) is 9.84. The second-order valence-electron chi connectivity index (χ2n) is 7.67. The molecule has 1 aliphatic heterocycles. The maximum Gasteiger partial charge on any atom is 0.275 e. The molecule has 1 N–H and O–H groups in total. The van der Waals surface area contributed by atoms with Gasteiger partial charge >= 0.3 is 0 Å². The van der Waals surface area contributed by atoms with Gasteiger partial charge in [0.25, 0.3) is 5.91 Å². The SMILES string of the molecule is Cc1cc(=O)c(C(=O)NCC(c2ccc(F)cc2)N2CCOCC2)nn1-c1ccccc1. The second-order valence-corrected chi connectivity index (χ2v) is 7.67. The first-order chi connectivity index (χ1) is 15.5. The Bertz CT molecular complexity index is 1130. The lowest BCUT2D eigenvalue weighted by Gasteiger charge is -2.34. The minimum absolute atomic E-state index is 0.167. The van der Waals surface area contributed by atoms with Gasteiger partial charge in [-0.2, -0.15) is 5.10 Å². The van der Waals surface area contributed by atoms with Crippen molar-refractivity contribution in [2.24, 2.45) is 0 Å². The highest BCUT2D eigenvalue weighted by Gasteiger charge is 2.24. The van der Waals surface area contributed by atoms with Crippen molar-refractivity contribution < 1.29 is 13.9 Å². The molecule has 8 heteroatoms. The van der Waals surface area contributed by atoms with Crippen molar-refractivity contribution in [2.45, 2.75) is 13.0 Å². The molecule has 3 aromatic rings. The number of halogens is 1. The summed E-state index contributed by atoms with van der Waals surface area (Å²) in [5.74, 6) is -0.858. The van der Waals surface area contributed by atoms with E-state index in [1.165, 1.54) is 18.2 Å². The first kappa shape index (κ1) is 21.9. The summed E-state index contributed by atoms with van der Waals surface area (Å²) in [6.07, 6.45) is 0. The molecule has 0 bridgehead atoms. The first-order valence-corrected chi connectivity index (χ1v) is 10.5. The number of rotatable bonds is 6. The molecule has 1 amide bonds. The van der Waals surface area contributed by atoms with Crippen LogP contribution in [-0.2, 0) is 4.74 Å². The molecule has 1 aromatic heterocycles. The van der Waals surface area contributed by atoms with Crippen LogP contribution in [0.1, 0.15) is 27.8 Å². The molecule has 0 radical (unpaired) electrons. The van der Waals surface area contributed by atoms with Gasteiger partial charge in [-0.05, 0) is 36.8 Å². The Labute approximate surface area is 185 Å². The highest BCUT2D eigenvalue weighted by Crippen LogP contribution is 2.22. The molecule has 1 aliphatic rings. The maximum absolute atomic E-state index is 13.4. The number of benzene rings is 2. The van der Waals surface area contributed by atoms with Crippen LogP contribution < -0.4 is 10.7 Å². The Hall–Kier alpha value is -3.36. The van der Waals surface area contributed by atoms with Crippen LogP contribution in [0.5, 0.6) is 0 Å². The predicted octanol–water partition coefficient (Wildman–Crippen LogP) is 2.48. The fourth-order valence-electron chi connectivity index (χ4n) is 3.84. The molecule has 7 nitrogen and oxygen atoms in total. The zero-order valence-corrected chi connectivity index (χ0v) is 17.8. The molecule has 1 unspecified atom stereocenters. The van der Waals surface area contributed by atoms with Crippen LogP contribution >= 0.6 is 0 Å². The van der Waals surface area contributed by atoms with Gasteiger partial charge in [0, 0.05) is 31.4 Å². The largest absolute Gasteiger partial charge is 0.379 e. The molecule has 1 fully saturated rings. The Balaban J connectivity index is 1.56. The molecule has 1 atom stereocenters. The van der Waals surface area contributed by atoms with Crippen LogP contribution in [0.3, 0.4) is 0 Å². The minimum Gasteiger partial charge on any atom is -0.379 e. The standard InChI is InChI=1S/C24H25FN4O3/c1-17-15-22(30)23(27-29(17)20-5-3-2-4-6-20)24(31)26-16-21(28-11-13-32-14-12-28)18-7-9-19(25)10-8-18/h2-10,15,21H,11-14,16H2,1H3,(H,26,31). The van der Waals surface area contributed by atoms with Crippen LogP contribution in [0, 0.1) is 12.7 Å². The number of nitrogens with zero attached hydrogens (tertiary/aromatic N) is 3. The van der Waals surface area contributed by atoms with E-state index in [2.05, 4.69) is 15.3 Å². The summed E-state index contributed by atoms with van der Waals surface area (Å²) in [6, 6.07) is 16.8. The van der Waals surface area contributed by atoms with Crippen molar-refractivity contribution in [1.29, 1.82) is 0 Å². The van der Waals surface area contributed by atoms with Gasteiger partial charge in [-0.1, -0.05) is 30.3 Å². The van der Waals surface area contributed by atoms with Gasteiger partial charge in [0.05, 0.1) is 24.9 Å². The summed E-state index contributed by atoms with van der Waals surface area (Å²) in [5.41, 5.74) is 1.68. The lowest BCUT2D eigenvalue weighted by molar-refractivity contribution is 0.0162. The third-order valence-electron chi connectivity index (χ3n) is 5.52. The Morgan fingerprint density at radius 2 is 1.81 bits per heavy atom. The van der Waals surface area contributed by atoms with Crippen LogP contribution in [-0.4, -0.2) is 53.4 Å². The van der Waals surface area contributed by atoms with E-state index in [0.717, 1.165) is 11.3 Å². The smallest absolute Gasteiger partial charge is 0.275 e. The number of amides is 1. The highest BCUT2D eigenvalue weighted by atomic mass is 19.1. The normalized spacial score (nSPS) is 15.3. The van der Waals surface area contributed by atoms with Gasteiger partial charge in [0.2, 0.25) is 5.43 Å². The molecule has 4 rings (SSSR count). The van der Waals surface area contributed by atoms with Crippen LogP contribution in [0.15, 0.2) is 65.5 Å². The lowest BCUT2D eigenvalue weighted by Crippen LogP contribution is -2.44. The molecular weight excluding hydrogens is 411 g/mol. The lowest BCUT2D eigenvalue weighted by atomic mass is 10.0. The molecule has 0 aliphatic carbocycles. The van der Waals surface area contributed by atoms with E-state index in [1.54, 1.807) is 23.7 Å². The average Bonchev–Trinajstić information content (AvgIpc) is 2.81. The van der Waals surface area contributed by atoms with Gasteiger partial charge in [-0.25, -0.2) is 9.07 Å². The fraction of sp³-hybridized carbons (Fsp3) is 0.292. The molecular formula is C24H25FN4O3. The maximum atomic E-state index is 13.4. The molecule has 0 saturated carbocycles. The van der Waals surface area contributed by atoms with E-state index < -0.39 is 11.3 Å². The minimum atomic E-state index is -0.542. The Kier molecular flexibility index (Phi) is 6.72. The van der Waals surface area contributed by atoms with Gasteiger partial charge in [0.1, 0.15) is 5.82 Å². The average molecular weight is 436 g/mol. The Morgan fingerprint density at radius 1 is 1.12 bits per heavy atom. The van der Waals surface area contributed by atoms with Crippen molar-refractivity contribution in [3.05, 3.63) is 93.7 Å². The van der Waals surface area contributed by atoms with Gasteiger partial charge < -0.3 is 10.1 Å². The fourth-order valence-corrected chi connectivity index (χ4v) is 3.84.